The first kappa shape index (κ1) is 14.5. The molecule has 0 radical (unpaired) electrons. The Labute approximate surface area is 124 Å². The van der Waals surface area contributed by atoms with Gasteiger partial charge in [-0.25, -0.2) is 0 Å². The maximum Gasteiger partial charge on any atom is 0.194 e. The number of allylic oxidation sites excluding steroid dienone is 2. The number of nitrogens with zero attached hydrogens (tertiary/aromatic N) is 2. The highest BCUT2D eigenvalue weighted by atomic mass is 16.1. The van der Waals surface area contributed by atoms with Crippen molar-refractivity contribution >= 4 is 17.0 Å². The van der Waals surface area contributed by atoms with Crippen molar-refractivity contribution < 1.29 is 4.79 Å². The smallest absolute Gasteiger partial charge is 0.194 e. The predicted molar refractivity (Wildman–Crippen MR) is 85.1 cm³/mol. The van der Waals surface area contributed by atoms with Crippen molar-refractivity contribution in [2.45, 2.75) is 0 Å². The van der Waals surface area contributed by atoms with E-state index in [0.29, 0.717) is 11.1 Å². The van der Waals surface area contributed by atoms with E-state index in [4.69, 9.17) is 5.26 Å². The van der Waals surface area contributed by atoms with Gasteiger partial charge in [0.1, 0.15) is 0 Å². The number of carbonyl (C=O) groups is 1. The minimum absolute atomic E-state index is 0.144. The zero-order valence-corrected chi connectivity index (χ0v) is 12.1. The Kier molecular flexibility index (Phi) is 4.53. The molecule has 0 saturated carbocycles. The Morgan fingerprint density at radius 1 is 1.00 bits per heavy atom. The molecule has 0 N–H and O–H groups in total. The van der Waals surface area contributed by atoms with E-state index in [1.165, 1.54) is 6.08 Å². The Balaban J connectivity index is 2.39. The highest BCUT2D eigenvalue weighted by Crippen LogP contribution is 2.22. The monoisotopic (exact) mass is 276 g/mol. The van der Waals surface area contributed by atoms with Gasteiger partial charge < -0.3 is 4.90 Å². The van der Waals surface area contributed by atoms with E-state index < -0.39 is 0 Å². The highest BCUT2D eigenvalue weighted by molar-refractivity contribution is 6.29. The molecule has 0 heterocycles. The Hall–Kier alpha value is -2.86. The van der Waals surface area contributed by atoms with E-state index >= 15 is 0 Å². The van der Waals surface area contributed by atoms with E-state index in [1.54, 1.807) is 12.1 Å². The molecule has 0 unspecified atom stereocenters. The fourth-order valence-electron chi connectivity index (χ4n) is 2.03. The molecule has 2 aromatic carbocycles. The van der Waals surface area contributed by atoms with Crippen molar-refractivity contribution in [3.8, 4) is 6.07 Å². The molecule has 3 heteroatoms. The second kappa shape index (κ2) is 6.53. The number of Topliss-reactive ketones (excluding diaryl/α,β-unsaturated/α-hetero) is 1. The van der Waals surface area contributed by atoms with Crippen LogP contribution >= 0.6 is 0 Å². The van der Waals surface area contributed by atoms with E-state index in [-0.39, 0.29) is 5.78 Å². The fourth-order valence-corrected chi connectivity index (χ4v) is 2.03. The van der Waals surface area contributed by atoms with Gasteiger partial charge in [-0.1, -0.05) is 42.5 Å². The molecule has 0 atom stereocenters. The van der Waals surface area contributed by atoms with Crippen LogP contribution in [0.5, 0.6) is 0 Å². The van der Waals surface area contributed by atoms with Gasteiger partial charge >= 0.3 is 0 Å². The molecule has 2 rings (SSSR count). The summed E-state index contributed by atoms with van der Waals surface area (Å²) in [7, 11) is 3.91. The first-order chi connectivity index (χ1) is 10.1. The maximum absolute atomic E-state index is 12.5. The predicted octanol–water partition coefficient (Wildman–Crippen LogP) is 3.54. The number of benzene rings is 2. The third-order valence-corrected chi connectivity index (χ3v) is 3.18. The standard InChI is InChI=1S/C18H16N2O/c1-20(2)16-10-8-14(9-11-16)17(12-13-19)18(21)15-6-4-3-5-7-15/h3-12H,1-2H3. The van der Waals surface area contributed by atoms with Gasteiger partial charge in [-0.3, -0.25) is 4.79 Å². The van der Waals surface area contributed by atoms with E-state index in [2.05, 4.69) is 0 Å². The molecule has 0 fully saturated rings. The van der Waals surface area contributed by atoms with Gasteiger partial charge in [0, 0.05) is 37.0 Å². The molecular weight excluding hydrogens is 260 g/mol. The molecule has 0 aliphatic rings. The molecule has 2 aromatic rings. The lowest BCUT2D eigenvalue weighted by Gasteiger charge is -2.13. The van der Waals surface area contributed by atoms with E-state index in [1.807, 2.05) is 67.5 Å². The zero-order valence-electron chi connectivity index (χ0n) is 12.1. The molecule has 3 nitrogen and oxygen atoms in total. The molecule has 0 aliphatic heterocycles. The fraction of sp³-hybridized carbons (Fsp3) is 0.111. The van der Waals surface area contributed by atoms with Gasteiger partial charge in [-0.2, -0.15) is 5.26 Å². The quantitative estimate of drug-likeness (QED) is 0.487. The van der Waals surface area contributed by atoms with Crippen LogP contribution in [-0.4, -0.2) is 19.9 Å². The Bertz CT molecular complexity index is 692. The van der Waals surface area contributed by atoms with Crippen LogP contribution in [0.25, 0.3) is 5.57 Å². The minimum Gasteiger partial charge on any atom is -0.378 e. The average molecular weight is 276 g/mol. The molecule has 104 valence electrons. The largest absolute Gasteiger partial charge is 0.378 e. The lowest BCUT2D eigenvalue weighted by Crippen LogP contribution is -2.08. The number of nitriles is 1. The van der Waals surface area contributed by atoms with Crippen LogP contribution in [0.15, 0.2) is 60.7 Å². The zero-order chi connectivity index (χ0) is 15.2. The third-order valence-electron chi connectivity index (χ3n) is 3.18. The van der Waals surface area contributed by atoms with Crippen LogP contribution in [0.4, 0.5) is 5.69 Å². The van der Waals surface area contributed by atoms with Gasteiger partial charge in [-0.15, -0.1) is 0 Å². The van der Waals surface area contributed by atoms with Gasteiger partial charge in [0.15, 0.2) is 5.78 Å². The molecule has 21 heavy (non-hydrogen) atoms. The number of rotatable bonds is 4. The average Bonchev–Trinajstić information content (AvgIpc) is 2.53. The third kappa shape index (κ3) is 3.37. The van der Waals surface area contributed by atoms with Gasteiger partial charge in [-0.05, 0) is 17.7 Å². The first-order valence-corrected chi connectivity index (χ1v) is 6.61. The summed E-state index contributed by atoms with van der Waals surface area (Å²) in [5.74, 6) is -0.144. The maximum atomic E-state index is 12.5. The number of carbonyl (C=O) groups excluding carboxylic acids is 1. The van der Waals surface area contributed by atoms with Crippen molar-refractivity contribution in [2.75, 3.05) is 19.0 Å². The SMILES string of the molecule is CN(C)c1ccc(C(=CC#N)C(=O)c2ccccc2)cc1. The summed E-state index contributed by atoms with van der Waals surface area (Å²) in [6.45, 7) is 0. The van der Waals surface area contributed by atoms with Gasteiger partial charge in [0.25, 0.3) is 0 Å². The molecular formula is C18H16N2O. The van der Waals surface area contributed by atoms with E-state index in [9.17, 15) is 4.79 Å². The summed E-state index contributed by atoms with van der Waals surface area (Å²) >= 11 is 0. The van der Waals surface area contributed by atoms with Crippen LogP contribution in [0.3, 0.4) is 0 Å². The Morgan fingerprint density at radius 2 is 1.62 bits per heavy atom. The highest BCUT2D eigenvalue weighted by Gasteiger charge is 2.14. The summed E-state index contributed by atoms with van der Waals surface area (Å²) in [4.78, 5) is 14.5. The van der Waals surface area contributed by atoms with Gasteiger partial charge in [0.05, 0.1) is 6.07 Å². The summed E-state index contributed by atoms with van der Waals surface area (Å²) in [5.41, 5.74) is 2.78. The topological polar surface area (TPSA) is 44.1 Å². The molecule has 0 aromatic heterocycles. The van der Waals surface area contributed by atoms with Crippen molar-refractivity contribution in [2.24, 2.45) is 0 Å². The van der Waals surface area contributed by atoms with E-state index in [0.717, 1.165) is 11.3 Å². The van der Waals surface area contributed by atoms with Crippen molar-refractivity contribution in [1.82, 2.24) is 0 Å². The molecule has 0 aliphatic carbocycles. The summed E-state index contributed by atoms with van der Waals surface area (Å²) in [5, 5.41) is 8.95. The molecule has 0 bridgehead atoms. The van der Waals surface area contributed by atoms with Crippen LogP contribution in [-0.2, 0) is 0 Å². The summed E-state index contributed by atoms with van der Waals surface area (Å²) < 4.78 is 0. The van der Waals surface area contributed by atoms with Crippen LogP contribution in [0.1, 0.15) is 15.9 Å². The van der Waals surface area contributed by atoms with Gasteiger partial charge in [0.2, 0.25) is 0 Å². The second-order valence-electron chi connectivity index (χ2n) is 4.82. The van der Waals surface area contributed by atoms with Crippen molar-refractivity contribution in [1.29, 1.82) is 5.26 Å². The molecule has 0 saturated heterocycles. The number of hydrogen-bond donors (Lipinski definition) is 0. The van der Waals surface area contributed by atoms with Crippen molar-refractivity contribution in [3.63, 3.8) is 0 Å². The summed E-state index contributed by atoms with van der Waals surface area (Å²) in [6, 6.07) is 18.5. The normalized spacial score (nSPS) is 10.8. The minimum atomic E-state index is -0.144. The van der Waals surface area contributed by atoms with Crippen LogP contribution in [0, 0.1) is 11.3 Å². The number of ketones is 1. The molecule has 0 amide bonds. The number of anilines is 1. The summed E-state index contributed by atoms with van der Waals surface area (Å²) in [6.07, 6.45) is 1.31. The number of hydrogen-bond acceptors (Lipinski definition) is 3. The lowest BCUT2D eigenvalue weighted by atomic mass is 9.96. The lowest BCUT2D eigenvalue weighted by molar-refractivity contribution is 0.105. The van der Waals surface area contributed by atoms with Crippen LogP contribution in [0.2, 0.25) is 0 Å². The molecule has 0 spiro atoms. The van der Waals surface area contributed by atoms with Crippen molar-refractivity contribution in [3.05, 3.63) is 71.8 Å². The first-order valence-electron chi connectivity index (χ1n) is 6.61. The Morgan fingerprint density at radius 3 is 2.14 bits per heavy atom. The van der Waals surface area contributed by atoms with Crippen LogP contribution < -0.4 is 4.90 Å². The second-order valence-corrected chi connectivity index (χ2v) is 4.82.